The largest absolute Gasteiger partial charge is 0.350 e. The number of thiophene rings is 1. The van der Waals surface area contributed by atoms with E-state index in [1.807, 2.05) is 30.6 Å². The maximum atomic E-state index is 4.10. The third-order valence-corrected chi connectivity index (χ3v) is 3.01. The van der Waals surface area contributed by atoms with Crippen molar-refractivity contribution in [2.75, 3.05) is 24.3 Å². The Balaban J connectivity index is 2.05. The molecule has 0 saturated carbocycles. The van der Waals surface area contributed by atoms with Crippen LogP contribution in [0.15, 0.2) is 16.8 Å². The molecule has 0 radical (unpaired) electrons. The molecule has 2 heterocycles. The number of anilines is 2. The maximum absolute atomic E-state index is 4.10. The van der Waals surface area contributed by atoms with Crippen LogP contribution in [0.4, 0.5) is 11.9 Å². The third-order valence-electron chi connectivity index (χ3n) is 2.28. The standard InChI is InChI=1S/C10H15N5S/c1-14(2)10-13-12-9(15(10)3)11-6-8-4-5-16-7-8/h4-5,7H,6H2,1-3H3,(H,11,12). The predicted octanol–water partition coefficient (Wildman–Crippen LogP) is 1.55. The summed E-state index contributed by atoms with van der Waals surface area (Å²) < 4.78 is 1.94. The Morgan fingerprint density at radius 2 is 2.25 bits per heavy atom. The van der Waals surface area contributed by atoms with Gasteiger partial charge >= 0.3 is 0 Å². The van der Waals surface area contributed by atoms with Crippen LogP contribution in [0.1, 0.15) is 5.56 Å². The van der Waals surface area contributed by atoms with Crippen LogP contribution in [0.3, 0.4) is 0 Å². The van der Waals surface area contributed by atoms with Crippen LogP contribution in [0.5, 0.6) is 0 Å². The molecule has 6 heteroatoms. The molecular formula is C10H15N5S. The summed E-state index contributed by atoms with van der Waals surface area (Å²) in [5.41, 5.74) is 1.26. The normalized spacial score (nSPS) is 10.4. The van der Waals surface area contributed by atoms with Crippen LogP contribution in [-0.2, 0) is 13.6 Å². The predicted molar refractivity (Wildman–Crippen MR) is 67.0 cm³/mol. The van der Waals surface area contributed by atoms with E-state index in [0.717, 1.165) is 18.4 Å². The molecule has 0 aliphatic heterocycles. The van der Waals surface area contributed by atoms with Gasteiger partial charge in [0.1, 0.15) is 0 Å². The number of hydrogen-bond donors (Lipinski definition) is 1. The number of rotatable bonds is 4. The van der Waals surface area contributed by atoms with Crippen molar-refractivity contribution in [1.29, 1.82) is 0 Å². The second-order valence-corrected chi connectivity index (χ2v) is 4.54. The monoisotopic (exact) mass is 237 g/mol. The molecule has 0 saturated heterocycles. The first-order valence-electron chi connectivity index (χ1n) is 5.00. The Kier molecular flexibility index (Phi) is 3.09. The Morgan fingerprint density at radius 3 is 2.81 bits per heavy atom. The topological polar surface area (TPSA) is 46.0 Å². The van der Waals surface area contributed by atoms with Crippen molar-refractivity contribution < 1.29 is 0 Å². The maximum Gasteiger partial charge on any atom is 0.227 e. The van der Waals surface area contributed by atoms with Crippen molar-refractivity contribution in [3.05, 3.63) is 22.4 Å². The Labute approximate surface area is 98.7 Å². The second-order valence-electron chi connectivity index (χ2n) is 3.76. The molecule has 0 aromatic carbocycles. The van der Waals surface area contributed by atoms with Crippen molar-refractivity contribution in [3.8, 4) is 0 Å². The Morgan fingerprint density at radius 1 is 1.44 bits per heavy atom. The molecule has 2 rings (SSSR count). The number of hydrogen-bond acceptors (Lipinski definition) is 5. The minimum atomic E-state index is 0.781. The van der Waals surface area contributed by atoms with E-state index in [2.05, 4.69) is 32.3 Å². The summed E-state index contributed by atoms with van der Waals surface area (Å²) in [6.07, 6.45) is 0. The van der Waals surface area contributed by atoms with Crippen molar-refractivity contribution >= 4 is 23.2 Å². The molecule has 16 heavy (non-hydrogen) atoms. The highest BCUT2D eigenvalue weighted by Crippen LogP contribution is 2.13. The van der Waals surface area contributed by atoms with Gasteiger partial charge in [0.15, 0.2) is 0 Å². The van der Waals surface area contributed by atoms with Crippen molar-refractivity contribution in [1.82, 2.24) is 14.8 Å². The summed E-state index contributed by atoms with van der Waals surface area (Å²) in [6.45, 7) is 0.781. The summed E-state index contributed by atoms with van der Waals surface area (Å²) >= 11 is 1.70. The average molecular weight is 237 g/mol. The molecule has 1 N–H and O–H groups in total. The zero-order valence-corrected chi connectivity index (χ0v) is 10.5. The molecule has 5 nitrogen and oxygen atoms in total. The summed E-state index contributed by atoms with van der Waals surface area (Å²) in [4.78, 5) is 1.93. The van der Waals surface area contributed by atoms with E-state index in [4.69, 9.17) is 0 Å². The summed E-state index contributed by atoms with van der Waals surface area (Å²) in [7, 11) is 5.85. The van der Waals surface area contributed by atoms with Gasteiger partial charge in [-0.3, -0.25) is 4.57 Å². The van der Waals surface area contributed by atoms with E-state index >= 15 is 0 Å². The molecule has 0 atom stereocenters. The number of aromatic nitrogens is 3. The number of nitrogens with zero attached hydrogens (tertiary/aromatic N) is 4. The molecule has 0 spiro atoms. The van der Waals surface area contributed by atoms with Crippen LogP contribution in [0, 0.1) is 0 Å². The van der Waals surface area contributed by atoms with E-state index in [9.17, 15) is 0 Å². The molecule has 86 valence electrons. The summed E-state index contributed by atoms with van der Waals surface area (Å²) in [5.74, 6) is 1.63. The van der Waals surface area contributed by atoms with Gasteiger partial charge in [0.05, 0.1) is 0 Å². The zero-order valence-electron chi connectivity index (χ0n) is 9.64. The smallest absolute Gasteiger partial charge is 0.227 e. The first-order valence-corrected chi connectivity index (χ1v) is 5.94. The van der Waals surface area contributed by atoms with Crippen LogP contribution >= 0.6 is 11.3 Å². The van der Waals surface area contributed by atoms with E-state index in [1.165, 1.54) is 5.56 Å². The second kappa shape index (κ2) is 4.52. The molecule has 0 amide bonds. The van der Waals surface area contributed by atoms with Crippen LogP contribution < -0.4 is 10.2 Å². The van der Waals surface area contributed by atoms with Crippen LogP contribution in [0.25, 0.3) is 0 Å². The highest BCUT2D eigenvalue weighted by Gasteiger charge is 2.09. The van der Waals surface area contributed by atoms with Gasteiger partial charge in [-0.1, -0.05) is 0 Å². The highest BCUT2D eigenvalue weighted by atomic mass is 32.1. The molecule has 0 fully saturated rings. The third kappa shape index (κ3) is 2.16. The number of nitrogens with one attached hydrogen (secondary N) is 1. The molecular weight excluding hydrogens is 222 g/mol. The first kappa shape index (κ1) is 10.9. The quantitative estimate of drug-likeness (QED) is 0.876. The van der Waals surface area contributed by atoms with Crippen molar-refractivity contribution in [3.63, 3.8) is 0 Å². The minimum absolute atomic E-state index is 0.781. The molecule has 0 aliphatic rings. The van der Waals surface area contributed by atoms with E-state index in [-0.39, 0.29) is 0 Å². The summed E-state index contributed by atoms with van der Waals surface area (Å²) in [6, 6.07) is 2.10. The van der Waals surface area contributed by atoms with Crippen molar-refractivity contribution in [2.24, 2.45) is 7.05 Å². The lowest BCUT2D eigenvalue weighted by molar-refractivity contribution is 0.863. The fourth-order valence-corrected chi connectivity index (χ4v) is 2.11. The SMILES string of the molecule is CN(C)c1nnc(NCc2ccsc2)n1C. The van der Waals surface area contributed by atoms with Gasteiger partial charge in [-0.15, -0.1) is 10.2 Å². The molecule has 2 aromatic heterocycles. The van der Waals surface area contributed by atoms with Gasteiger partial charge in [-0.25, -0.2) is 0 Å². The molecule has 2 aromatic rings. The van der Waals surface area contributed by atoms with Gasteiger partial charge in [-0.2, -0.15) is 11.3 Å². The van der Waals surface area contributed by atoms with E-state index in [1.54, 1.807) is 11.3 Å². The Hall–Kier alpha value is -1.56. The van der Waals surface area contributed by atoms with Gasteiger partial charge in [0, 0.05) is 27.7 Å². The van der Waals surface area contributed by atoms with Crippen LogP contribution in [0.2, 0.25) is 0 Å². The molecule has 0 unspecified atom stereocenters. The van der Waals surface area contributed by atoms with Crippen LogP contribution in [-0.4, -0.2) is 28.9 Å². The van der Waals surface area contributed by atoms with E-state index < -0.39 is 0 Å². The average Bonchev–Trinajstić information content (AvgIpc) is 2.84. The fourth-order valence-electron chi connectivity index (χ4n) is 1.44. The fraction of sp³-hybridized carbons (Fsp3) is 0.400. The minimum Gasteiger partial charge on any atom is -0.350 e. The van der Waals surface area contributed by atoms with Crippen molar-refractivity contribution in [2.45, 2.75) is 6.54 Å². The zero-order chi connectivity index (χ0) is 11.5. The lowest BCUT2D eigenvalue weighted by Crippen LogP contribution is -2.14. The first-order chi connectivity index (χ1) is 7.68. The molecule has 0 bridgehead atoms. The lowest BCUT2D eigenvalue weighted by atomic mass is 10.3. The van der Waals surface area contributed by atoms with Gasteiger partial charge in [-0.05, 0) is 22.4 Å². The van der Waals surface area contributed by atoms with E-state index in [0.29, 0.717) is 0 Å². The van der Waals surface area contributed by atoms with Gasteiger partial charge in [0.2, 0.25) is 11.9 Å². The van der Waals surface area contributed by atoms with Gasteiger partial charge in [0.25, 0.3) is 0 Å². The molecule has 0 aliphatic carbocycles. The highest BCUT2D eigenvalue weighted by molar-refractivity contribution is 7.07. The Bertz CT molecular complexity index is 446. The van der Waals surface area contributed by atoms with Gasteiger partial charge < -0.3 is 10.2 Å². The lowest BCUT2D eigenvalue weighted by Gasteiger charge is -2.11. The summed E-state index contributed by atoms with van der Waals surface area (Å²) in [5, 5.41) is 15.6.